The van der Waals surface area contributed by atoms with E-state index in [-0.39, 0.29) is 5.91 Å². The van der Waals surface area contributed by atoms with E-state index < -0.39 is 0 Å². The lowest BCUT2D eigenvalue weighted by Gasteiger charge is -2.21. The zero-order chi connectivity index (χ0) is 18.1. The van der Waals surface area contributed by atoms with Crippen LogP contribution in [0.25, 0.3) is 5.69 Å². The van der Waals surface area contributed by atoms with Crippen molar-refractivity contribution in [3.8, 4) is 5.69 Å². The van der Waals surface area contributed by atoms with Crippen LogP contribution in [-0.2, 0) is 11.2 Å². The topological polar surface area (TPSA) is 50.2 Å². The SMILES string of the molecule is Cc1nn(-c2ccccc2)c(C)c1CC(=O)N1CC[C@@H]2CNC[C@@H]2CC1. The average Bonchev–Trinajstić information content (AvgIpc) is 3.15. The Morgan fingerprint density at radius 1 is 1.12 bits per heavy atom. The summed E-state index contributed by atoms with van der Waals surface area (Å²) in [6, 6.07) is 10.1. The monoisotopic (exact) mass is 352 g/mol. The zero-order valence-electron chi connectivity index (χ0n) is 15.7. The number of hydrogen-bond donors (Lipinski definition) is 1. The molecule has 0 radical (unpaired) electrons. The summed E-state index contributed by atoms with van der Waals surface area (Å²) in [5.74, 6) is 1.74. The Morgan fingerprint density at radius 3 is 2.42 bits per heavy atom. The lowest BCUT2D eigenvalue weighted by Crippen LogP contribution is -2.34. The van der Waals surface area contributed by atoms with Crippen molar-refractivity contribution in [2.75, 3.05) is 26.2 Å². The van der Waals surface area contributed by atoms with Crippen LogP contribution in [0.2, 0.25) is 0 Å². The number of para-hydroxylation sites is 1. The van der Waals surface area contributed by atoms with Gasteiger partial charge in [-0.1, -0.05) is 18.2 Å². The van der Waals surface area contributed by atoms with E-state index in [1.165, 1.54) is 0 Å². The molecule has 2 aromatic rings. The number of nitrogens with one attached hydrogen (secondary N) is 1. The molecule has 2 saturated heterocycles. The molecule has 0 bridgehead atoms. The molecule has 1 amide bonds. The molecule has 0 aliphatic carbocycles. The smallest absolute Gasteiger partial charge is 0.227 e. The molecule has 0 spiro atoms. The Balaban J connectivity index is 1.49. The molecule has 26 heavy (non-hydrogen) atoms. The standard InChI is InChI=1S/C21H28N4O/c1-15-20(16(2)25(23-15)19-6-4-3-5-7-19)12-21(26)24-10-8-17-13-22-14-18(17)9-11-24/h3-7,17-18,22H,8-14H2,1-2H3/t17-,18+. The van der Waals surface area contributed by atoms with E-state index >= 15 is 0 Å². The summed E-state index contributed by atoms with van der Waals surface area (Å²) in [6.45, 7) is 8.10. The summed E-state index contributed by atoms with van der Waals surface area (Å²) >= 11 is 0. The summed E-state index contributed by atoms with van der Waals surface area (Å²) in [5.41, 5.74) is 4.14. The Morgan fingerprint density at radius 2 is 1.77 bits per heavy atom. The third-order valence-corrected chi connectivity index (χ3v) is 6.14. The highest BCUT2D eigenvalue weighted by atomic mass is 16.2. The van der Waals surface area contributed by atoms with Crippen molar-refractivity contribution in [1.29, 1.82) is 0 Å². The van der Waals surface area contributed by atoms with Crippen LogP contribution in [-0.4, -0.2) is 46.8 Å². The number of rotatable bonds is 3. The van der Waals surface area contributed by atoms with Gasteiger partial charge in [-0.2, -0.15) is 5.10 Å². The first kappa shape index (κ1) is 17.3. The van der Waals surface area contributed by atoms with E-state index in [4.69, 9.17) is 0 Å². The van der Waals surface area contributed by atoms with E-state index in [0.717, 1.165) is 73.5 Å². The third kappa shape index (κ3) is 3.28. The van der Waals surface area contributed by atoms with Crippen molar-refractivity contribution < 1.29 is 4.79 Å². The fourth-order valence-corrected chi connectivity index (χ4v) is 4.48. The minimum atomic E-state index is 0.247. The maximum atomic E-state index is 13.0. The lowest BCUT2D eigenvalue weighted by atomic mass is 9.92. The van der Waals surface area contributed by atoms with E-state index in [9.17, 15) is 4.79 Å². The van der Waals surface area contributed by atoms with Gasteiger partial charge in [-0.3, -0.25) is 4.79 Å². The van der Waals surface area contributed by atoms with Gasteiger partial charge in [-0.15, -0.1) is 0 Å². The Hall–Kier alpha value is -2.14. The first-order chi connectivity index (χ1) is 12.6. The molecule has 0 saturated carbocycles. The highest BCUT2D eigenvalue weighted by Gasteiger charge is 2.31. The van der Waals surface area contributed by atoms with Crippen molar-refractivity contribution in [3.05, 3.63) is 47.3 Å². The number of hydrogen-bond acceptors (Lipinski definition) is 3. The van der Waals surface area contributed by atoms with Crippen LogP contribution >= 0.6 is 0 Å². The van der Waals surface area contributed by atoms with Gasteiger partial charge >= 0.3 is 0 Å². The van der Waals surface area contributed by atoms with Crippen molar-refractivity contribution in [2.24, 2.45) is 11.8 Å². The molecular formula is C21H28N4O. The fraction of sp³-hybridized carbons (Fsp3) is 0.524. The van der Waals surface area contributed by atoms with Crippen LogP contribution < -0.4 is 5.32 Å². The molecule has 0 unspecified atom stereocenters. The van der Waals surface area contributed by atoms with Crippen LogP contribution in [0.15, 0.2) is 30.3 Å². The summed E-state index contributed by atoms with van der Waals surface area (Å²) in [4.78, 5) is 15.0. The molecule has 138 valence electrons. The Bertz CT molecular complexity index is 769. The molecular weight excluding hydrogens is 324 g/mol. The number of nitrogens with zero attached hydrogens (tertiary/aromatic N) is 3. The quantitative estimate of drug-likeness (QED) is 0.923. The van der Waals surface area contributed by atoms with Crippen molar-refractivity contribution in [2.45, 2.75) is 33.1 Å². The second-order valence-corrected chi connectivity index (χ2v) is 7.71. The minimum absolute atomic E-state index is 0.247. The van der Waals surface area contributed by atoms with Gasteiger partial charge in [0.1, 0.15) is 0 Å². The first-order valence-corrected chi connectivity index (χ1v) is 9.72. The predicted molar refractivity (Wildman–Crippen MR) is 102 cm³/mol. The first-order valence-electron chi connectivity index (χ1n) is 9.72. The molecule has 2 aliphatic rings. The highest BCUT2D eigenvalue weighted by Crippen LogP contribution is 2.27. The largest absolute Gasteiger partial charge is 0.342 e. The number of amides is 1. The number of carbonyl (C=O) groups is 1. The number of carbonyl (C=O) groups excluding carboxylic acids is 1. The molecule has 2 fully saturated rings. The molecule has 1 N–H and O–H groups in total. The molecule has 5 nitrogen and oxygen atoms in total. The number of aromatic nitrogens is 2. The molecule has 1 aromatic carbocycles. The molecule has 2 atom stereocenters. The van der Waals surface area contributed by atoms with Gasteiger partial charge in [0.25, 0.3) is 0 Å². The normalized spacial score (nSPS) is 22.9. The molecule has 5 heteroatoms. The maximum Gasteiger partial charge on any atom is 0.227 e. The van der Waals surface area contributed by atoms with Crippen LogP contribution in [0.5, 0.6) is 0 Å². The van der Waals surface area contributed by atoms with E-state index in [1.54, 1.807) is 0 Å². The highest BCUT2D eigenvalue weighted by molar-refractivity contribution is 5.79. The number of likely N-dealkylation sites (tertiary alicyclic amines) is 1. The lowest BCUT2D eigenvalue weighted by molar-refractivity contribution is -0.130. The summed E-state index contributed by atoms with van der Waals surface area (Å²) in [6.07, 6.45) is 2.72. The Labute approximate surface area is 155 Å². The van der Waals surface area contributed by atoms with Crippen LogP contribution in [0.4, 0.5) is 0 Å². The Kier molecular flexibility index (Phi) is 4.81. The third-order valence-electron chi connectivity index (χ3n) is 6.14. The second kappa shape index (κ2) is 7.23. The van der Waals surface area contributed by atoms with Gasteiger partial charge in [-0.05, 0) is 63.7 Å². The maximum absolute atomic E-state index is 13.0. The zero-order valence-corrected chi connectivity index (χ0v) is 15.7. The van der Waals surface area contributed by atoms with Gasteiger partial charge < -0.3 is 10.2 Å². The number of fused-ring (bicyclic) bond motifs is 1. The van der Waals surface area contributed by atoms with E-state index in [2.05, 4.69) is 22.2 Å². The van der Waals surface area contributed by atoms with Gasteiger partial charge in [-0.25, -0.2) is 4.68 Å². The molecule has 1 aromatic heterocycles. The van der Waals surface area contributed by atoms with E-state index in [0.29, 0.717) is 6.42 Å². The van der Waals surface area contributed by atoms with E-state index in [1.807, 2.05) is 41.9 Å². The molecule has 3 heterocycles. The van der Waals surface area contributed by atoms with Crippen molar-refractivity contribution in [3.63, 3.8) is 0 Å². The average molecular weight is 352 g/mol. The molecule has 2 aliphatic heterocycles. The fourth-order valence-electron chi connectivity index (χ4n) is 4.48. The van der Waals surface area contributed by atoms with Gasteiger partial charge in [0.05, 0.1) is 17.8 Å². The second-order valence-electron chi connectivity index (χ2n) is 7.71. The van der Waals surface area contributed by atoms with Crippen LogP contribution in [0.3, 0.4) is 0 Å². The van der Waals surface area contributed by atoms with Gasteiger partial charge in [0, 0.05) is 24.3 Å². The molecule has 4 rings (SSSR count). The number of benzene rings is 1. The summed E-state index contributed by atoms with van der Waals surface area (Å²) in [5, 5.41) is 8.18. The van der Waals surface area contributed by atoms with Crippen molar-refractivity contribution >= 4 is 5.91 Å². The van der Waals surface area contributed by atoms with Crippen molar-refractivity contribution in [1.82, 2.24) is 20.0 Å². The summed E-state index contributed by atoms with van der Waals surface area (Å²) < 4.78 is 1.95. The number of aryl methyl sites for hydroxylation is 1. The predicted octanol–water partition coefficient (Wildman–Crippen LogP) is 2.49. The van der Waals surface area contributed by atoms with Gasteiger partial charge in [0.2, 0.25) is 5.91 Å². The van der Waals surface area contributed by atoms with Gasteiger partial charge in [0.15, 0.2) is 0 Å². The van der Waals surface area contributed by atoms with Crippen LogP contribution in [0, 0.1) is 25.7 Å². The minimum Gasteiger partial charge on any atom is -0.342 e. The summed E-state index contributed by atoms with van der Waals surface area (Å²) in [7, 11) is 0. The van der Waals surface area contributed by atoms with Crippen LogP contribution in [0.1, 0.15) is 29.8 Å².